The summed E-state index contributed by atoms with van der Waals surface area (Å²) in [6, 6.07) is 7.10. The first-order valence-corrected chi connectivity index (χ1v) is 12.7. The van der Waals surface area contributed by atoms with Gasteiger partial charge < -0.3 is 9.88 Å². The second kappa shape index (κ2) is 9.72. The summed E-state index contributed by atoms with van der Waals surface area (Å²) >= 11 is 7.76. The van der Waals surface area contributed by atoms with E-state index in [1.165, 1.54) is 0 Å². The minimum atomic E-state index is -0.494. The second-order valence-corrected chi connectivity index (χ2v) is 9.91. The third kappa shape index (κ3) is 4.34. The van der Waals surface area contributed by atoms with Crippen LogP contribution < -0.4 is 5.32 Å². The molecule has 10 heteroatoms. The first-order valence-electron chi connectivity index (χ1n) is 11.5. The number of benzene rings is 1. The molecular formula is C26H24ClN7OS. The van der Waals surface area contributed by atoms with Gasteiger partial charge in [0.05, 0.1) is 29.5 Å². The Balaban J connectivity index is 1.73. The Kier molecular flexibility index (Phi) is 6.48. The fraction of sp³-hybridized carbons (Fsp3) is 0.269. The lowest BCUT2D eigenvalue weighted by atomic mass is 9.99. The van der Waals surface area contributed by atoms with Gasteiger partial charge in [0, 0.05) is 29.7 Å². The van der Waals surface area contributed by atoms with Crippen LogP contribution in [0.5, 0.6) is 0 Å². The van der Waals surface area contributed by atoms with Gasteiger partial charge in [-0.1, -0.05) is 23.7 Å². The maximum atomic E-state index is 12.6. The number of hydrogen-bond acceptors (Lipinski definition) is 6. The molecular weight excluding hydrogens is 494 g/mol. The van der Waals surface area contributed by atoms with Crippen molar-refractivity contribution in [2.75, 3.05) is 6.54 Å². The molecule has 8 nitrogen and oxygen atoms in total. The Hall–Kier alpha value is -3.74. The highest BCUT2D eigenvalue weighted by molar-refractivity contribution is 7.15. The number of carbonyl (C=O) groups is 1. The number of thiophene rings is 1. The number of nitrogens with one attached hydrogen (secondary N) is 1. The zero-order chi connectivity index (χ0) is 25.4. The Morgan fingerprint density at radius 1 is 1.19 bits per heavy atom. The summed E-state index contributed by atoms with van der Waals surface area (Å²) in [5, 5.41) is 13.3. The van der Waals surface area contributed by atoms with Gasteiger partial charge in [0.2, 0.25) is 5.91 Å². The predicted octanol–water partition coefficient (Wildman–Crippen LogP) is 4.15. The molecule has 0 saturated carbocycles. The van der Waals surface area contributed by atoms with E-state index in [9.17, 15) is 4.79 Å². The van der Waals surface area contributed by atoms with Gasteiger partial charge >= 0.3 is 0 Å². The number of hydrogen-bond donors (Lipinski definition) is 1. The molecule has 4 heterocycles. The average molecular weight is 518 g/mol. The van der Waals surface area contributed by atoms with Crippen LogP contribution in [0.1, 0.15) is 58.3 Å². The van der Waals surface area contributed by atoms with Crippen molar-refractivity contribution in [2.45, 2.75) is 33.2 Å². The van der Waals surface area contributed by atoms with E-state index in [2.05, 4.69) is 39.3 Å². The van der Waals surface area contributed by atoms with E-state index in [0.29, 0.717) is 17.4 Å². The Morgan fingerprint density at radius 3 is 2.67 bits per heavy atom. The molecule has 3 aromatic heterocycles. The smallest absolute Gasteiger partial charge is 0.222 e. The number of imidazole rings is 1. The molecule has 0 fully saturated rings. The van der Waals surface area contributed by atoms with Crippen LogP contribution in [0.15, 0.2) is 41.8 Å². The topological polar surface area (TPSA) is 90.0 Å². The van der Waals surface area contributed by atoms with E-state index < -0.39 is 6.04 Å². The lowest BCUT2D eigenvalue weighted by molar-refractivity contribution is -0.121. The summed E-state index contributed by atoms with van der Waals surface area (Å²) in [5.74, 6) is 7.84. The van der Waals surface area contributed by atoms with Crippen LogP contribution in [0.2, 0.25) is 5.02 Å². The van der Waals surface area contributed by atoms with E-state index in [1.54, 1.807) is 23.9 Å². The van der Waals surface area contributed by atoms with Gasteiger partial charge in [-0.05, 0) is 50.3 Å². The van der Waals surface area contributed by atoms with Gasteiger partial charge in [0.15, 0.2) is 5.82 Å². The standard InChI is InChI=1S/C26H24ClN7OS/c1-5-29-22(35)12-20-25-32-31-16(3)34(25)26-23(24(30-20)17-6-8-18(27)9-7-17)15(2)21(36-26)11-10-19-13-28-14-33(19)4/h6-9,13-14,20H,5,12H2,1-4H3,(H,29,35)/t20-/m0/s1. The molecule has 0 spiro atoms. The van der Waals surface area contributed by atoms with Crippen LogP contribution in [0.4, 0.5) is 0 Å². The van der Waals surface area contributed by atoms with Gasteiger partial charge in [-0.3, -0.25) is 14.4 Å². The van der Waals surface area contributed by atoms with E-state index in [4.69, 9.17) is 16.6 Å². The van der Waals surface area contributed by atoms with Crippen molar-refractivity contribution < 1.29 is 4.79 Å². The third-order valence-corrected chi connectivity index (χ3v) is 7.44. The molecule has 182 valence electrons. The highest BCUT2D eigenvalue weighted by Gasteiger charge is 2.32. The molecule has 1 aromatic carbocycles. The highest BCUT2D eigenvalue weighted by atomic mass is 35.5. The number of aromatic nitrogens is 5. The minimum absolute atomic E-state index is 0.0846. The van der Waals surface area contributed by atoms with Gasteiger partial charge in [0.25, 0.3) is 0 Å². The summed E-state index contributed by atoms with van der Waals surface area (Å²) < 4.78 is 3.90. The van der Waals surface area contributed by atoms with E-state index in [1.807, 2.05) is 54.3 Å². The fourth-order valence-corrected chi connectivity index (χ4v) is 5.53. The van der Waals surface area contributed by atoms with Crippen LogP contribution in [0.3, 0.4) is 0 Å². The molecule has 0 saturated heterocycles. The molecule has 1 aliphatic rings. The molecule has 36 heavy (non-hydrogen) atoms. The molecule has 1 N–H and O–H groups in total. The largest absolute Gasteiger partial charge is 0.356 e. The van der Waals surface area contributed by atoms with Crippen LogP contribution >= 0.6 is 22.9 Å². The van der Waals surface area contributed by atoms with Gasteiger partial charge in [-0.15, -0.1) is 21.5 Å². The number of halogens is 1. The molecule has 1 aliphatic heterocycles. The number of aryl methyl sites for hydroxylation is 2. The molecule has 4 aromatic rings. The zero-order valence-electron chi connectivity index (χ0n) is 20.3. The SMILES string of the molecule is CCNC(=O)C[C@@H]1N=C(c2ccc(Cl)cc2)c2c(sc(C#Cc3cncn3C)c2C)-n2c(C)nnc21. The number of rotatable bonds is 4. The molecule has 0 radical (unpaired) electrons. The number of aliphatic imine (C=N–C) groups is 1. The van der Waals surface area contributed by atoms with Crippen molar-refractivity contribution in [3.8, 4) is 16.8 Å². The maximum absolute atomic E-state index is 12.6. The normalized spacial score (nSPS) is 14.2. The zero-order valence-corrected chi connectivity index (χ0v) is 21.9. The van der Waals surface area contributed by atoms with E-state index in [-0.39, 0.29) is 12.3 Å². The van der Waals surface area contributed by atoms with E-state index >= 15 is 0 Å². The van der Waals surface area contributed by atoms with Crippen molar-refractivity contribution in [1.29, 1.82) is 0 Å². The lowest BCUT2D eigenvalue weighted by Crippen LogP contribution is -2.25. The van der Waals surface area contributed by atoms with Crippen molar-refractivity contribution in [3.05, 3.63) is 80.7 Å². The first-order chi connectivity index (χ1) is 17.4. The van der Waals surface area contributed by atoms with Crippen LogP contribution in [0.25, 0.3) is 5.00 Å². The fourth-order valence-electron chi connectivity index (χ4n) is 4.18. The maximum Gasteiger partial charge on any atom is 0.222 e. The molecule has 0 aliphatic carbocycles. The van der Waals surface area contributed by atoms with Gasteiger partial charge in [-0.2, -0.15) is 0 Å². The summed E-state index contributed by atoms with van der Waals surface area (Å²) in [5.41, 5.74) is 4.48. The van der Waals surface area contributed by atoms with Crippen LogP contribution in [0, 0.1) is 25.7 Å². The molecule has 1 atom stereocenters. The summed E-state index contributed by atoms with van der Waals surface area (Å²) in [4.78, 5) is 22.8. The first kappa shape index (κ1) is 24.0. The molecule has 0 bridgehead atoms. The number of carbonyl (C=O) groups excluding carboxylic acids is 1. The van der Waals surface area contributed by atoms with Crippen molar-refractivity contribution in [3.63, 3.8) is 0 Å². The number of nitrogens with zero attached hydrogens (tertiary/aromatic N) is 6. The minimum Gasteiger partial charge on any atom is -0.356 e. The van der Waals surface area contributed by atoms with Crippen molar-refractivity contribution in [2.24, 2.45) is 12.0 Å². The predicted molar refractivity (Wildman–Crippen MR) is 141 cm³/mol. The Bertz CT molecular complexity index is 1550. The molecule has 0 unspecified atom stereocenters. The second-order valence-electron chi connectivity index (χ2n) is 8.47. The average Bonchev–Trinajstić information content (AvgIpc) is 3.50. The summed E-state index contributed by atoms with van der Waals surface area (Å²) in [7, 11) is 1.92. The van der Waals surface area contributed by atoms with Crippen molar-refractivity contribution >= 4 is 34.6 Å². The third-order valence-electron chi connectivity index (χ3n) is 5.99. The van der Waals surface area contributed by atoms with Crippen molar-refractivity contribution in [1.82, 2.24) is 29.6 Å². The number of amides is 1. The summed E-state index contributed by atoms with van der Waals surface area (Å²) in [6.45, 7) is 6.41. The summed E-state index contributed by atoms with van der Waals surface area (Å²) in [6.07, 6.45) is 3.65. The molecule has 5 rings (SSSR count). The molecule has 1 amide bonds. The van der Waals surface area contributed by atoms with Gasteiger partial charge in [-0.25, -0.2) is 4.98 Å². The quantitative estimate of drug-likeness (QED) is 0.412. The Morgan fingerprint density at radius 2 is 1.97 bits per heavy atom. The monoisotopic (exact) mass is 517 g/mol. The Labute approximate surface area is 218 Å². The lowest BCUT2D eigenvalue weighted by Gasteiger charge is -2.12. The van der Waals surface area contributed by atoms with Gasteiger partial charge in [0.1, 0.15) is 22.6 Å². The van der Waals surface area contributed by atoms with Crippen LogP contribution in [-0.4, -0.2) is 42.5 Å². The van der Waals surface area contributed by atoms with Crippen LogP contribution in [-0.2, 0) is 11.8 Å². The number of fused-ring (bicyclic) bond motifs is 3. The highest BCUT2D eigenvalue weighted by Crippen LogP contribution is 2.39. The van der Waals surface area contributed by atoms with E-state index in [0.717, 1.165) is 43.8 Å².